The Balaban J connectivity index is 2.07. The summed E-state index contributed by atoms with van der Waals surface area (Å²) in [4.78, 5) is 0. The second kappa shape index (κ2) is 4.87. The van der Waals surface area contributed by atoms with Crippen LogP contribution in [0.4, 0.5) is 0 Å². The monoisotopic (exact) mass is 276 g/mol. The molecule has 0 N–H and O–H groups in total. The van der Waals surface area contributed by atoms with Gasteiger partial charge in [-0.25, -0.2) is 0 Å². The van der Waals surface area contributed by atoms with E-state index in [-0.39, 0.29) is 5.41 Å². The molecule has 0 amide bonds. The summed E-state index contributed by atoms with van der Waals surface area (Å²) in [6.45, 7) is 11.3. The molecule has 3 rings (SSSR count). The quantitative estimate of drug-likeness (QED) is 0.584. The number of hydrogen-bond donors (Lipinski definition) is 0. The summed E-state index contributed by atoms with van der Waals surface area (Å²) >= 11 is 0. The van der Waals surface area contributed by atoms with Crippen molar-refractivity contribution < 1.29 is 0 Å². The lowest BCUT2D eigenvalue weighted by Gasteiger charge is -2.19. The molecule has 1 aliphatic carbocycles. The number of hydrogen-bond acceptors (Lipinski definition) is 0. The lowest BCUT2D eigenvalue weighted by molar-refractivity contribution is 0.590. The van der Waals surface area contributed by atoms with Gasteiger partial charge in [0, 0.05) is 5.92 Å². The van der Waals surface area contributed by atoms with E-state index in [9.17, 15) is 0 Å². The molecule has 0 heteroatoms. The third-order valence-corrected chi connectivity index (χ3v) is 4.72. The standard InChI is InChI=1S/C21H24/c1-14-13-20-18(15(14)2)7-6-8-19(20)16-9-11-17(12-10-16)21(3,4)5/h6-13,15H,1-5H3. The van der Waals surface area contributed by atoms with Gasteiger partial charge in [0.1, 0.15) is 0 Å². The summed E-state index contributed by atoms with van der Waals surface area (Å²) in [7, 11) is 0. The summed E-state index contributed by atoms with van der Waals surface area (Å²) < 4.78 is 0. The van der Waals surface area contributed by atoms with Gasteiger partial charge in [-0.05, 0) is 40.2 Å². The third kappa shape index (κ3) is 2.44. The zero-order valence-corrected chi connectivity index (χ0v) is 13.7. The van der Waals surface area contributed by atoms with Crippen LogP contribution in [0, 0.1) is 0 Å². The van der Waals surface area contributed by atoms with Gasteiger partial charge in [0.05, 0.1) is 0 Å². The zero-order chi connectivity index (χ0) is 15.2. The minimum atomic E-state index is 0.210. The van der Waals surface area contributed by atoms with Crippen molar-refractivity contribution in [3.63, 3.8) is 0 Å². The van der Waals surface area contributed by atoms with E-state index in [1.165, 1.54) is 33.4 Å². The molecule has 0 spiro atoms. The third-order valence-electron chi connectivity index (χ3n) is 4.72. The van der Waals surface area contributed by atoms with Crippen molar-refractivity contribution >= 4 is 6.08 Å². The largest absolute Gasteiger partial charge is 0.0655 e. The Hall–Kier alpha value is -1.82. The molecule has 0 saturated carbocycles. The Bertz CT molecular complexity index is 694. The molecule has 0 aromatic heterocycles. The Morgan fingerprint density at radius 1 is 0.905 bits per heavy atom. The van der Waals surface area contributed by atoms with Crippen molar-refractivity contribution in [1.82, 2.24) is 0 Å². The zero-order valence-electron chi connectivity index (χ0n) is 13.7. The predicted octanol–water partition coefficient (Wildman–Crippen LogP) is 6.17. The lowest BCUT2D eigenvalue weighted by atomic mass is 9.85. The van der Waals surface area contributed by atoms with Gasteiger partial charge < -0.3 is 0 Å². The van der Waals surface area contributed by atoms with Crippen molar-refractivity contribution in [1.29, 1.82) is 0 Å². The molecule has 108 valence electrons. The average Bonchev–Trinajstić information content (AvgIpc) is 2.74. The van der Waals surface area contributed by atoms with Crippen LogP contribution in [0.15, 0.2) is 48.0 Å². The van der Waals surface area contributed by atoms with Crippen LogP contribution in [0.2, 0.25) is 0 Å². The van der Waals surface area contributed by atoms with Gasteiger partial charge in [-0.3, -0.25) is 0 Å². The minimum Gasteiger partial charge on any atom is -0.0655 e. The first-order valence-corrected chi connectivity index (χ1v) is 7.80. The van der Waals surface area contributed by atoms with Crippen LogP contribution in [-0.4, -0.2) is 0 Å². The molecule has 0 heterocycles. The van der Waals surface area contributed by atoms with E-state index in [2.05, 4.69) is 83.2 Å². The Kier molecular flexibility index (Phi) is 3.28. The van der Waals surface area contributed by atoms with Crippen LogP contribution in [0.1, 0.15) is 57.2 Å². The van der Waals surface area contributed by atoms with E-state index < -0.39 is 0 Å². The minimum absolute atomic E-state index is 0.210. The molecule has 0 aliphatic heterocycles. The molecule has 1 aliphatic rings. The number of allylic oxidation sites excluding steroid dienone is 1. The van der Waals surface area contributed by atoms with E-state index in [4.69, 9.17) is 0 Å². The van der Waals surface area contributed by atoms with Gasteiger partial charge in [-0.15, -0.1) is 0 Å². The fourth-order valence-electron chi connectivity index (χ4n) is 3.12. The number of fused-ring (bicyclic) bond motifs is 1. The van der Waals surface area contributed by atoms with Crippen molar-refractivity contribution in [2.24, 2.45) is 0 Å². The molecule has 21 heavy (non-hydrogen) atoms. The van der Waals surface area contributed by atoms with E-state index in [0.717, 1.165) is 0 Å². The molecule has 0 nitrogen and oxygen atoms in total. The Labute approximate surface area is 128 Å². The molecule has 0 saturated heterocycles. The highest BCUT2D eigenvalue weighted by Gasteiger charge is 2.21. The van der Waals surface area contributed by atoms with E-state index in [0.29, 0.717) is 5.92 Å². The van der Waals surface area contributed by atoms with E-state index in [1.807, 2.05) is 0 Å². The smallest absolute Gasteiger partial charge is 0.00265 e. The first-order chi connectivity index (χ1) is 9.88. The predicted molar refractivity (Wildman–Crippen MR) is 92.6 cm³/mol. The van der Waals surface area contributed by atoms with Crippen LogP contribution in [0.25, 0.3) is 17.2 Å². The maximum absolute atomic E-state index is 2.35. The summed E-state index contributed by atoms with van der Waals surface area (Å²) in [6.07, 6.45) is 2.35. The second-order valence-electron chi connectivity index (χ2n) is 7.25. The molecule has 0 radical (unpaired) electrons. The second-order valence-corrected chi connectivity index (χ2v) is 7.25. The SMILES string of the molecule is CC1=Cc2c(-c3ccc(C(C)(C)C)cc3)cccc2C1C. The fraction of sp³-hybridized carbons (Fsp3) is 0.333. The van der Waals surface area contributed by atoms with Crippen LogP contribution >= 0.6 is 0 Å². The summed E-state index contributed by atoms with van der Waals surface area (Å²) in [5, 5.41) is 0. The maximum atomic E-state index is 2.35. The van der Waals surface area contributed by atoms with E-state index in [1.54, 1.807) is 0 Å². The Morgan fingerprint density at radius 3 is 2.19 bits per heavy atom. The fourth-order valence-corrected chi connectivity index (χ4v) is 3.12. The van der Waals surface area contributed by atoms with Gasteiger partial charge in [0.25, 0.3) is 0 Å². The lowest BCUT2D eigenvalue weighted by Crippen LogP contribution is -2.10. The first-order valence-electron chi connectivity index (χ1n) is 7.80. The molecule has 2 aromatic carbocycles. The first kappa shape index (κ1) is 14.1. The van der Waals surface area contributed by atoms with Gasteiger partial charge >= 0.3 is 0 Å². The highest BCUT2D eigenvalue weighted by atomic mass is 14.2. The van der Waals surface area contributed by atoms with Gasteiger partial charge in [-0.2, -0.15) is 0 Å². The molecule has 1 unspecified atom stereocenters. The van der Waals surface area contributed by atoms with Gasteiger partial charge in [0.2, 0.25) is 0 Å². The molecular formula is C21H24. The molecule has 2 aromatic rings. The van der Waals surface area contributed by atoms with Crippen molar-refractivity contribution in [2.75, 3.05) is 0 Å². The van der Waals surface area contributed by atoms with Crippen molar-refractivity contribution in [3.8, 4) is 11.1 Å². The summed E-state index contributed by atoms with van der Waals surface area (Å²) in [6, 6.07) is 15.8. The van der Waals surface area contributed by atoms with Crippen LogP contribution in [-0.2, 0) is 5.41 Å². The van der Waals surface area contributed by atoms with Crippen molar-refractivity contribution in [3.05, 3.63) is 64.7 Å². The molecule has 0 bridgehead atoms. The van der Waals surface area contributed by atoms with Crippen LogP contribution in [0.3, 0.4) is 0 Å². The highest BCUT2D eigenvalue weighted by Crippen LogP contribution is 2.40. The van der Waals surface area contributed by atoms with Gasteiger partial charge in [-0.1, -0.05) is 81.8 Å². The number of rotatable bonds is 1. The maximum Gasteiger partial charge on any atom is 0.00265 e. The van der Waals surface area contributed by atoms with Crippen LogP contribution in [0.5, 0.6) is 0 Å². The topological polar surface area (TPSA) is 0 Å². The van der Waals surface area contributed by atoms with Gasteiger partial charge in [0.15, 0.2) is 0 Å². The van der Waals surface area contributed by atoms with Crippen molar-refractivity contribution in [2.45, 2.75) is 46.0 Å². The number of benzene rings is 2. The van der Waals surface area contributed by atoms with Crippen LogP contribution < -0.4 is 0 Å². The normalized spacial score (nSPS) is 17.6. The summed E-state index contributed by atoms with van der Waals surface area (Å²) in [5.41, 5.74) is 8.61. The molecule has 1 atom stereocenters. The highest BCUT2D eigenvalue weighted by molar-refractivity contribution is 5.81. The molecular weight excluding hydrogens is 252 g/mol. The Morgan fingerprint density at radius 2 is 1.57 bits per heavy atom. The summed E-state index contributed by atoms with van der Waals surface area (Å²) in [5.74, 6) is 0.550. The molecule has 0 fully saturated rings. The average molecular weight is 276 g/mol. The van der Waals surface area contributed by atoms with E-state index >= 15 is 0 Å².